The number of nitrogens with one attached hydrogen (secondary N) is 1. The van der Waals surface area contributed by atoms with Gasteiger partial charge in [0, 0.05) is 31.4 Å². The molecule has 0 amide bonds. The van der Waals surface area contributed by atoms with Crippen molar-refractivity contribution in [2.45, 2.75) is 19.0 Å². The molecule has 3 heterocycles. The van der Waals surface area contributed by atoms with E-state index in [1.54, 1.807) is 11.3 Å². The summed E-state index contributed by atoms with van der Waals surface area (Å²) in [4.78, 5) is 3.58. The van der Waals surface area contributed by atoms with Crippen LogP contribution in [0.5, 0.6) is 0 Å². The van der Waals surface area contributed by atoms with Crippen molar-refractivity contribution in [1.82, 2.24) is 15.1 Å². The van der Waals surface area contributed by atoms with Gasteiger partial charge in [-0.15, -0.1) is 11.3 Å². The Hall–Kier alpha value is -1.17. The zero-order valence-electron chi connectivity index (χ0n) is 9.60. The van der Waals surface area contributed by atoms with Gasteiger partial charge in [-0.3, -0.25) is 10.00 Å². The Morgan fingerprint density at radius 2 is 2.53 bits per heavy atom. The molecule has 2 aromatic rings. The van der Waals surface area contributed by atoms with E-state index < -0.39 is 0 Å². The normalized spacial score (nSPS) is 21.1. The second kappa shape index (κ2) is 4.60. The predicted molar refractivity (Wildman–Crippen MR) is 69.8 cm³/mol. The molecule has 90 valence electrons. The van der Waals surface area contributed by atoms with Gasteiger partial charge >= 0.3 is 0 Å². The van der Waals surface area contributed by atoms with E-state index in [4.69, 9.17) is 5.73 Å². The van der Waals surface area contributed by atoms with Crippen molar-refractivity contribution >= 4 is 11.3 Å². The molecule has 1 saturated heterocycles. The first kappa shape index (κ1) is 11.0. The molecule has 0 bridgehead atoms. The maximum atomic E-state index is 5.90. The summed E-state index contributed by atoms with van der Waals surface area (Å²) in [5, 5.41) is 9.53. The summed E-state index contributed by atoms with van der Waals surface area (Å²) in [5.74, 6) is 0. The number of aromatic amines is 1. The van der Waals surface area contributed by atoms with Gasteiger partial charge in [-0.1, -0.05) is 6.07 Å². The van der Waals surface area contributed by atoms with E-state index in [0.29, 0.717) is 6.04 Å². The largest absolute Gasteiger partial charge is 0.326 e. The van der Waals surface area contributed by atoms with Crippen LogP contribution in [0.1, 0.15) is 12.1 Å². The number of nitrogens with two attached hydrogens (primary N) is 1. The fourth-order valence-corrected chi connectivity index (χ4v) is 2.93. The smallest absolute Gasteiger partial charge is 0.102 e. The highest BCUT2D eigenvalue weighted by molar-refractivity contribution is 7.13. The van der Waals surface area contributed by atoms with E-state index in [1.165, 1.54) is 10.6 Å². The Bertz CT molecular complexity index is 476. The monoisotopic (exact) mass is 248 g/mol. The molecule has 0 spiro atoms. The van der Waals surface area contributed by atoms with Crippen molar-refractivity contribution in [2.24, 2.45) is 5.73 Å². The topological polar surface area (TPSA) is 57.9 Å². The third-order valence-electron chi connectivity index (χ3n) is 3.11. The molecule has 5 heteroatoms. The molecule has 0 aliphatic carbocycles. The van der Waals surface area contributed by atoms with Crippen molar-refractivity contribution in [3.63, 3.8) is 0 Å². The first-order valence-corrected chi connectivity index (χ1v) is 6.75. The molecule has 0 saturated carbocycles. The number of aromatic nitrogens is 2. The number of nitrogens with zero attached hydrogens (tertiary/aromatic N) is 2. The van der Waals surface area contributed by atoms with Gasteiger partial charge in [0.2, 0.25) is 0 Å². The van der Waals surface area contributed by atoms with Crippen LogP contribution in [0.25, 0.3) is 10.6 Å². The standard InChI is InChI=1S/C12H16N4S/c13-9-3-4-16(7-9)8-10-6-11(15-14-10)12-2-1-5-17-12/h1-2,5-6,9H,3-4,7-8,13H2,(H,14,15). The van der Waals surface area contributed by atoms with Crippen molar-refractivity contribution < 1.29 is 0 Å². The lowest BCUT2D eigenvalue weighted by Gasteiger charge is -2.12. The van der Waals surface area contributed by atoms with E-state index in [0.717, 1.165) is 31.7 Å². The molecule has 2 aromatic heterocycles. The van der Waals surface area contributed by atoms with E-state index in [1.807, 2.05) is 6.07 Å². The maximum absolute atomic E-state index is 5.90. The molecule has 1 fully saturated rings. The van der Waals surface area contributed by atoms with Gasteiger partial charge in [-0.25, -0.2) is 0 Å². The molecule has 1 aliphatic heterocycles. The van der Waals surface area contributed by atoms with Gasteiger partial charge in [0.05, 0.1) is 4.88 Å². The second-order valence-corrected chi connectivity index (χ2v) is 5.49. The Kier molecular flexibility index (Phi) is 2.96. The van der Waals surface area contributed by atoms with Crippen molar-refractivity contribution in [3.05, 3.63) is 29.3 Å². The number of rotatable bonds is 3. The molecule has 3 N–H and O–H groups in total. The first-order valence-electron chi connectivity index (χ1n) is 5.87. The van der Waals surface area contributed by atoms with Gasteiger partial charge in [-0.2, -0.15) is 5.10 Å². The van der Waals surface area contributed by atoms with Crippen molar-refractivity contribution in [2.75, 3.05) is 13.1 Å². The first-order chi connectivity index (χ1) is 8.31. The molecule has 17 heavy (non-hydrogen) atoms. The van der Waals surface area contributed by atoms with Crippen LogP contribution >= 0.6 is 11.3 Å². The van der Waals surface area contributed by atoms with Gasteiger partial charge in [0.1, 0.15) is 5.69 Å². The average Bonchev–Trinajstić information content (AvgIpc) is 3.00. The van der Waals surface area contributed by atoms with Gasteiger partial charge in [0.25, 0.3) is 0 Å². The third-order valence-corrected chi connectivity index (χ3v) is 4.00. The average molecular weight is 248 g/mol. The number of hydrogen-bond donors (Lipinski definition) is 2. The van der Waals surface area contributed by atoms with Crippen molar-refractivity contribution in [3.8, 4) is 10.6 Å². The van der Waals surface area contributed by atoms with Crippen LogP contribution in [0.3, 0.4) is 0 Å². The van der Waals surface area contributed by atoms with Crippen LogP contribution in [0.2, 0.25) is 0 Å². The highest BCUT2D eigenvalue weighted by Crippen LogP contribution is 2.23. The van der Waals surface area contributed by atoms with Crippen LogP contribution in [0.15, 0.2) is 23.6 Å². The van der Waals surface area contributed by atoms with Gasteiger partial charge in [0.15, 0.2) is 0 Å². The quantitative estimate of drug-likeness (QED) is 0.868. The molecule has 1 aliphatic rings. The number of thiophene rings is 1. The fraction of sp³-hybridized carbons (Fsp3) is 0.417. The Balaban J connectivity index is 1.69. The zero-order chi connectivity index (χ0) is 11.7. The van der Waals surface area contributed by atoms with Crippen LogP contribution in [0, 0.1) is 0 Å². The highest BCUT2D eigenvalue weighted by Gasteiger charge is 2.19. The highest BCUT2D eigenvalue weighted by atomic mass is 32.1. The third kappa shape index (κ3) is 2.41. The predicted octanol–water partition coefficient (Wildman–Crippen LogP) is 1.67. The van der Waals surface area contributed by atoms with Gasteiger partial charge < -0.3 is 5.73 Å². The molecule has 0 radical (unpaired) electrons. The summed E-state index contributed by atoms with van der Waals surface area (Å²) in [5.41, 5.74) is 8.10. The summed E-state index contributed by atoms with van der Waals surface area (Å²) in [7, 11) is 0. The summed E-state index contributed by atoms with van der Waals surface area (Å²) in [6, 6.07) is 6.62. The molecule has 4 nitrogen and oxygen atoms in total. The lowest BCUT2D eigenvalue weighted by atomic mass is 10.3. The zero-order valence-corrected chi connectivity index (χ0v) is 10.4. The summed E-state index contributed by atoms with van der Waals surface area (Å²) < 4.78 is 0. The molecule has 1 unspecified atom stereocenters. The molecule has 3 rings (SSSR count). The number of H-pyrrole nitrogens is 1. The minimum absolute atomic E-state index is 0.342. The lowest BCUT2D eigenvalue weighted by molar-refractivity contribution is 0.322. The maximum Gasteiger partial charge on any atom is 0.102 e. The van der Waals surface area contributed by atoms with Crippen LogP contribution in [-0.4, -0.2) is 34.2 Å². The van der Waals surface area contributed by atoms with E-state index in [-0.39, 0.29) is 0 Å². The molecule has 1 atom stereocenters. The Labute approximate surface area is 104 Å². The SMILES string of the molecule is NC1CCN(Cc2cc(-c3cccs3)n[nH]2)C1. The second-order valence-electron chi connectivity index (χ2n) is 4.54. The fourth-order valence-electron chi connectivity index (χ4n) is 2.24. The summed E-state index contributed by atoms with van der Waals surface area (Å²) in [6.45, 7) is 3.01. The van der Waals surface area contributed by atoms with E-state index in [2.05, 4.69) is 32.6 Å². The van der Waals surface area contributed by atoms with E-state index in [9.17, 15) is 0 Å². The minimum Gasteiger partial charge on any atom is -0.326 e. The summed E-state index contributed by atoms with van der Waals surface area (Å²) in [6.07, 6.45) is 1.10. The molecule has 0 aromatic carbocycles. The van der Waals surface area contributed by atoms with Crippen LogP contribution < -0.4 is 5.73 Å². The minimum atomic E-state index is 0.342. The van der Waals surface area contributed by atoms with Crippen LogP contribution in [0.4, 0.5) is 0 Å². The molecular weight excluding hydrogens is 232 g/mol. The van der Waals surface area contributed by atoms with Crippen LogP contribution in [-0.2, 0) is 6.54 Å². The molecular formula is C12H16N4S. The number of hydrogen-bond acceptors (Lipinski definition) is 4. The number of likely N-dealkylation sites (tertiary alicyclic amines) is 1. The van der Waals surface area contributed by atoms with E-state index >= 15 is 0 Å². The summed E-state index contributed by atoms with van der Waals surface area (Å²) >= 11 is 1.72. The Morgan fingerprint density at radius 1 is 1.59 bits per heavy atom. The lowest BCUT2D eigenvalue weighted by Crippen LogP contribution is -2.26. The Morgan fingerprint density at radius 3 is 3.24 bits per heavy atom. The van der Waals surface area contributed by atoms with Gasteiger partial charge in [-0.05, 0) is 23.9 Å². The van der Waals surface area contributed by atoms with Crippen molar-refractivity contribution in [1.29, 1.82) is 0 Å².